The molecule has 1 atom stereocenters. The molecule has 0 amide bonds. The second kappa shape index (κ2) is 8.45. The van der Waals surface area contributed by atoms with Gasteiger partial charge in [0.25, 0.3) is 11.1 Å². The van der Waals surface area contributed by atoms with Crippen molar-refractivity contribution >= 4 is 28.3 Å². The summed E-state index contributed by atoms with van der Waals surface area (Å²) >= 11 is 1.18. The maximum atomic E-state index is 13.0. The molecule has 0 saturated heterocycles. The Labute approximate surface area is 170 Å². The van der Waals surface area contributed by atoms with Gasteiger partial charge in [0.05, 0.1) is 5.75 Å². The van der Waals surface area contributed by atoms with Crippen molar-refractivity contribution in [2.24, 2.45) is 0 Å². The van der Waals surface area contributed by atoms with E-state index in [0.29, 0.717) is 16.5 Å². The third-order valence-electron chi connectivity index (χ3n) is 4.29. The molecule has 1 heterocycles. The highest BCUT2D eigenvalue weighted by Crippen LogP contribution is 2.25. The number of nitrogens with zero attached hydrogens (tertiary/aromatic N) is 2. The van der Waals surface area contributed by atoms with Gasteiger partial charge < -0.3 is 9.15 Å². The predicted octanol–water partition coefficient (Wildman–Crippen LogP) is 5.48. The Hall–Kier alpha value is -3.19. The molecule has 0 aliphatic carbocycles. The van der Waals surface area contributed by atoms with E-state index in [2.05, 4.69) is 10.2 Å². The lowest BCUT2D eigenvalue weighted by Gasteiger charge is -2.10. The summed E-state index contributed by atoms with van der Waals surface area (Å²) in [4.78, 5) is 12.5. The molecule has 4 aromatic rings. The number of aromatic nitrogens is 2. The Morgan fingerprint density at radius 2 is 1.83 bits per heavy atom. The molecule has 3 aromatic carbocycles. The van der Waals surface area contributed by atoms with Crippen LogP contribution >= 0.6 is 11.8 Å². The summed E-state index contributed by atoms with van der Waals surface area (Å²) < 4.78 is 24.2. The molecule has 0 aliphatic heterocycles. The number of fused-ring (bicyclic) bond motifs is 1. The van der Waals surface area contributed by atoms with Crippen LogP contribution in [0.25, 0.3) is 10.8 Å². The summed E-state index contributed by atoms with van der Waals surface area (Å²) in [5.41, 5.74) is 0.643. The number of carbonyl (C=O) groups is 1. The number of carbonyl (C=O) groups excluding carboxylic acids is 1. The van der Waals surface area contributed by atoms with Gasteiger partial charge in [0.1, 0.15) is 11.6 Å². The summed E-state index contributed by atoms with van der Waals surface area (Å²) in [7, 11) is 0. The summed E-state index contributed by atoms with van der Waals surface area (Å²) in [5.74, 6) is 0.620. The molecule has 29 heavy (non-hydrogen) atoms. The van der Waals surface area contributed by atoms with Crippen molar-refractivity contribution in [2.75, 3.05) is 5.75 Å². The van der Waals surface area contributed by atoms with Gasteiger partial charge in [-0.25, -0.2) is 4.39 Å². The number of benzene rings is 3. The van der Waals surface area contributed by atoms with Crippen LogP contribution in [0.3, 0.4) is 0 Å². The Kier molecular flexibility index (Phi) is 5.57. The molecule has 1 aromatic heterocycles. The number of ketones is 1. The quantitative estimate of drug-likeness (QED) is 0.298. The number of ether oxygens (including phenoxy) is 1. The van der Waals surface area contributed by atoms with E-state index < -0.39 is 6.10 Å². The number of hydrogen-bond acceptors (Lipinski definition) is 6. The van der Waals surface area contributed by atoms with Crippen LogP contribution in [0, 0.1) is 5.82 Å². The first-order valence-corrected chi connectivity index (χ1v) is 9.97. The van der Waals surface area contributed by atoms with Crippen molar-refractivity contribution in [2.45, 2.75) is 18.3 Å². The van der Waals surface area contributed by atoms with Gasteiger partial charge in [-0.05, 0) is 48.0 Å². The standard InChI is InChI=1S/C22H17FN2O3S/c1-14(27-19-10-8-18(23)9-11-19)21-24-25-22(28-21)29-13-20(26)17-7-6-15-4-2-3-5-16(15)12-17/h2-12,14H,13H2,1H3/t14-/m1/s1. The van der Waals surface area contributed by atoms with E-state index in [-0.39, 0.29) is 23.2 Å². The Morgan fingerprint density at radius 1 is 1.07 bits per heavy atom. The summed E-state index contributed by atoms with van der Waals surface area (Å²) in [6.45, 7) is 1.76. The second-order valence-corrected chi connectivity index (χ2v) is 7.32. The first-order chi connectivity index (χ1) is 14.1. The fourth-order valence-corrected chi connectivity index (χ4v) is 3.45. The highest BCUT2D eigenvalue weighted by molar-refractivity contribution is 7.99. The Morgan fingerprint density at radius 3 is 2.62 bits per heavy atom. The fourth-order valence-electron chi connectivity index (χ4n) is 2.78. The van der Waals surface area contributed by atoms with Gasteiger partial charge in [-0.15, -0.1) is 10.2 Å². The molecule has 0 bridgehead atoms. The van der Waals surface area contributed by atoms with Gasteiger partial charge in [-0.1, -0.05) is 48.2 Å². The molecule has 0 fully saturated rings. The monoisotopic (exact) mass is 408 g/mol. The molecule has 0 unspecified atom stereocenters. The van der Waals surface area contributed by atoms with Gasteiger partial charge in [-0.3, -0.25) is 4.79 Å². The fraction of sp³-hybridized carbons (Fsp3) is 0.136. The van der Waals surface area contributed by atoms with Gasteiger partial charge in [-0.2, -0.15) is 0 Å². The molecular weight excluding hydrogens is 391 g/mol. The van der Waals surface area contributed by atoms with Crippen LogP contribution in [0.4, 0.5) is 4.39 Å². The maximum absolute atomic E-state index is 13.0. The lowest BCUT2D eigenvalue weighted by Crippen LogP contribution is -2.03. The number of thioether (sulfide) groups is 1. The summed E-state index contributed by atoms with van der Waals surface area (Å²) in [6.07, 6.45) is -0.501. The first-order valence-electron chi connectivity index (χ1n) is 8.99. The van der Waals surface area contributed by atoms with Crippen LogP contribution in [0.5, 0.6) is 5.75 Å². The lowest BCUT2D eigenvalue weighted by atomic mass is 10.1. The van der Waals surface area contributed by atoms with E-state index in [9.17, 15) is 9.18 Å². The second-order valence-electron chi connectivity index (χ2n) is 6.39. The first kappa shape index (κ1) is 19.1. The minimum absolute atomic E-state index is 0.0175. The van der Waals surface area contributed by atoms with Gasteiger partial charge in [0.2, 0.25) is 0 Å². The summed E-state index contributed by atoms with van der Waals surface area (Å²) in [6, 6.07) is 19.2. The average molecular weight is 408 g/mol. The van der Waals surface area contributed by atoms with Crippen molar-refractivity contribution in [3.05, 3.63) is 84.0 Å². The Balaban J connectivity index is 1.36. The van der Waals surface area contributed by atoms with Crippen LogP contribution < -0.4 is 4.74 Å². The minimum Gasteiger partial charge on any atom is -0.481 e. The topological polar surface area (TPSA) is 65.2 Å². The molecule has 0 radical (unpaired) electrons. The minimum atomic E-state index is -0.501. The zero-order valence-electron chi connectivity index (χ0n) is 15.5. The molecule has 5 nitrogen and oxygen atoms in total. The number of halogens is 1. The Bertz CT molecular complexity index is 1140. The van der Waals surface area contributed by atoms with Gasteiger partial charge in [0.15, 0.2) is 11.9 Å². The van der Waals surface area contributed by atoms with E-state index in [4.69, 9.17) is 9.15 Å². The van der Waals surface area contributed by atoms with E-state index in [1.165, 1.54) is 36.0 Å². The molecule has 0 aliphatic rings. The molecule has 146 valence electrons. The highest BCUT2D eigenvalue weighted by atomic mass is 32.2. The zero-order chi connectivity index (χ0) is 20.2. The predicted molar refractivity (Wildman–Crippen MR) is 109 cm³/mol. The van der Waals surface area contributed by atoms with Crippen LogP contribution in [0.15, 0.2) is 76.4 Å². The van der Waals surface area contributed by atoms with Crippen molar-refractivity contribution in [3.63, 3.8) is 0 Å². The van der Waals surface area contributed by atoms with Crippen LogP contribution in [0.2, 0.25) is 0 Å². The SMILES string of the molecule is C[C@@H](Oc1ccc(F)cc1)c1nnc(SCC(=O)c2ccc3ccccc3c2)o1. The molecule has 0 spiro atoms. The molecular formula is C22H17FN2O3S. The summed E-state index contributed by atoms with van der Waals surface area (Å²) in [5, 5.41) is 10.3. The average Bonchev–Trinajstić information content (AvgIpc) is 3.22. The number of rotatable bonds is 7. The normalized spacial score (nSPS) is 12.1. The zero-order valence-corrected chi connectivity index (χ0v) is 16.4. The van der Waals surface area contributed by atoms with Crippen molar-refractivity contribution in [1.82, 2.24) is 10.2 Å². The van der Waals surface area contributed by atoms with Crippen LogP contribution in [0.1, 0.15) is 29.3 Å². The third-order valence-corrected chi connectivity index (χ3v) is 5.11. The maximum Gasteiger partial charge on any atom is 0.277 e. The number of hydrogen-bond donors (Lipinski definition) is 0. The van der Waals surface area contributed by atoms with E-state index >= 15 is 0 Å². The van der Waals surface area contributed by atoms with Gasteiger partial charge in [0, 0.05) is 5.56 Å². The molecule has 4 rings (SSSR count). The molecule has 0 N–H and O–H groups in total. The van der Waals surface area contributed by atoms with Crippen LogP contribution in [-0.2, 0) is 0 Å². The highest BCUT2D eigenvalue weighted by Gasteiger charge is 2.17. The third kappa shape index (κ3) is 4.63. The molecule has 7 heteroatoms. The van der Waals surface area contributed by atoms with Crippen molar-refractivity contribution in [1.29, 1.82) is 0 Å². The smallest absolute Gasteiger partial charge is 0.277 e. The van der Waals surface area contributed by atoms with E-state index in [1.54, 1.807) is 6.92 Å². The van der Waals surface area contributed by atoms with Crippen molar-refractivity contribution in [3.8, 4) is 5.75 Å². The van der Waals surface area contributed by atoms with E-state index in [1.807, 2.05) is 42.5 Å². The molecule has 0 saturated carbocycles. The largest absolute Gasteiger partial charge is 0.481 e. The number of Topliss-reactive ketones (excluding diaryl/α,β-unsaturated/α-hetero) is 1. The lowest BCUT2D eigenvalue weighted by molar-refractivity contribution is 0.102. The van der Waals surface area contributed by atoms with Crippen molar-refractivity contribution < 1.29 is 18.3 Å². The van der Waals surface area contributed by atoms with Crippen LogP contribution in [-0.4, -0.2) is 21.7 Å². The van der Waals surface area contributed by atoms with Gasteiger partial charge >= 0.3 is 0 Å². The van der Waals surface area contributed by atoms with E-state index in [0.717, 1.165) is 10.8 Å².